The van der Waals surface area contributed by atoms with Gasteiger partial charge in [-0.1, -0.05) is 36.2 Å². The van der Waals surface area contributed by atoms with Gasteiger partial charge in [-0.15, -0.1) is 0 Å². The Morgan fingerprint density at radius 3 is 2.67 bits per heavy atom. The van der Waals surface area contributed by atoms with Gasteiger partial charge >= 0.3 is 0 Å². The molecule has 1 saturated heterocycles. The normalized spacial score (nSPS) is 26.2. The molecular formula is C13H16Cl2O5S. The molecule has 1 fully saturated rings. The van der Waals surface area contributed by atoms with Gasteiger partial charge in [0.15, 0.2) is 9.84 Å². The van der Waals surface area contributed by atoms with Crippen LogP contribution in [0.3, 0.4) is 0 Å². The van der Waals surface area contributed by atoms with Gasteiger partial charge in [-0.2, -0.15) is 0 Å². The Morgan fingerprint density at radius 2 is 2.14 bits per heavy atom. The number of sulfone groups is 1. The van der Waals surface area contributed by atoms with Crippen molar-refractivity contribution in [1.82, 2.24) is 0 Å². The molecule has 0 unspecified atom stereocenters. The Labute approximate surface area is 133 Å². The van der Waals surface area contributed by atoms with E-state index in [1.165, 1.54) is 6.07 Å². The first-order valence-electron chi connectivity index (χ1n) is 6.40. The van der Waals surface area contributed by atoms with Gasteiger partial charge in [0.1, 0.15) is 11.9 Å². The molecule has 0 saturated carbocycles. The van der Waals surface area contributed by atoms with Crippen LogP contribution in [0.15, 0.2) is 18.2 Å². The highest BCUT2D eigenvalue weighted by Gasteiger charge is 2.47. The van der Waals surface area contributed by atoms with E-state index in [2.05, 4.69) is 0 Å². The summed E-state index contributed by atoms with van der Waals surface area (Å²) in [5.41, 5.74) is 0.390. The quantitative estimate of drug-likeness (QED) is 0.875. The van der Waals surface area contributed by atoms with E-state index in [0.29, 0.717) is 10.6 Å². The van der Waals surface area contributed by atoms with E-state index < -0.39 is 21.7 Å². The van der Waals surface area contributed by atoms with Crippen LogP contribution in [0.25, 0.3) is 0 Å². The highest BCUT2D eigenvalue weighted by molar-refractivity contribution is 7.91. The number of rotatable bonds is 5. The summed E-state index contributed by atoms with van der Waals surface area (Å²) in [4.78, 5) is 0. The Hall–Kier alpha value is -0.370. The second-order valence-corrected chi connectivity index (χ2v) is 7.98. The average Bonchev–Trinajstić information content (AvgIpc) is 2.82. The van der Waals surface area contributed by atoms with Crippen molar-refractivity contribution < 1.29 is 23.0 Å². The molecule has 1 N–H and O–H groups in total. The summed E-state index contributed by atoms with van der Waals surface area (Å²) in [6.45, 7) is 1.37. The Kier molecular flexibility index (Phi) is 5.18. The van der Waals surface area contributed by atoms with Gasteiger partial charge in [0.2, 0.25) is 5.79 Å². The topological polar surface area (TPSA) is 72.8 Å². The molecule has 8 heteroatoms. The molecule has 1 aliphatic heterocycles. The van der Waals surface area contributed by atoms with Crippen LogP contribution >= 0.6 is 23.2 Å². The molecule has 2 rings (SSSR count). The zero-order chi connectivity index (χ0) is 15.7. The summed E-state index contributed by atoms with van der Waals surface area (Å²) >= 11 is 12.0. The minimum atomic E-state index is -3.39. The minimum Gasteiger partial charge on any atom is -0.394 e. The van der Waals surface area contributed by atoms with Crippen LogP contribution < -0.4 is 0 Å². The van der Waals surface area contributed by atoms with Gasteiger partial charge in [-0.3, -0.25) is 0 Å². The van der Waals surface area contributed by atoms with Crippen molar-refractivity contribution >= 4 is 33.0 Å². The van der Waals surface area contributed by atoms with Gasteiger partial charge in [-0.05, 0) is 12.1 Å². The van der Waals surface area contributed by atoms with Crippen LogP contribution in [0, 0.1) is 0 Å². The molecule has 0 bridgehead atoms. The highest BCUT2D eigenvalue weighted by Crippen LogP contribution is 2.40. The maximum absolute atomic E-state index is 12.0. The molecule has 21 heavy (non-hydrogen) atoms. The van der Waals surface area contributed by atoms with Crippen molar-refractivity contribution in [3.05, 3.63) is 33.8 Å². The van der Waals surface area contributed by atoms with Crippen LogP contribution in [0.4, 0.5) is 0 Å². The molecule has 1 aromatic carbocycles. The number of ether oxygens (including phenoxy) is 2. The lowest BCUT2D eigenvalue weighted by molar-refractivity contribution is -0.162. The molecule has 118 valence electrons. The van der Waals surface area contributed by atoms with Crippen molar-refractivity contribution in [3.8, 4) is 0 Å². The van der Waals surface area contributed by atoms with Gasteiger partial charge in [0.25, 0.3) is 0 Å². The zero-order valence-corrected chi connectivity index (χ0v) is 13.7. The number of hydrogen-bond donors (Lipinski definition) is 1. The van der Waals surface area contributed by atoms with E-state index in [-0.39, 0.29) is 29.7 Å². The third kappa shape index (κ3) is 3.70. The monoisotopic (exact) mass is 354 g/mol. The average molecular weight is 355 g/mol. The number of benzene rings is 1. The molecule has 0 aliphatic carbocycles. The number of halogens is 2. The Morgan fingerprint density at radius 1 is 1.43 bits per heavy atom. The first-order chi connectivity index (χ1) is 9.82. The first kappa shape index (κ1) is 17.0. The standard InChI is InChI=1S/C13H16Cl2O5S/c1-2-21(17,18)8-13(19-7-10(6-16)20-13)11-4-3-9(14)5-12(11)15/h3-5,10,16H,2,6-8H2,1H3/t10-,13-/m0/s1. The summed E-state index contributed by atoms with van der Waals surface area (Å²) in [6.07, 6.45) is -0.594. The summed E-state index contributed by atoms with van der Waals surface area (Å²) in [5.74, 6) is -1.92. The molecule has 0 aromatic heterocycles. The number of aliphatic hydroxyl groups excluding tert-OH is 1. The number of aliphatic hydroxyl groups is 1. The molecular weight excluding hydrogens is 339 g/mol. The van der Waals surface area contributed by atoms with Crippen LogP contribution in [0.1, 0.15) is 12.5 Å². The lowest BCUT2D eigenvalue weighted by Gasteiger charge is -2.29. The highest BCUT2D eigenvalue weighted by atomic mass is 35.5. The van der Waals surface area contributed by atoms with E-state index in [1.807, 2.05) is 0 Å². The molecule has 0 radical (unpaired) electrons. The number of hydrogen-bond acceptors (Lipinski definition) is 5. The smallest absolute Gasteiger partial charge is 0.211 e. The minimum absolute atomic E-state index is 0.0452. The SMILES string of the molecule is CCS(=O)(=O)C[C@]1(c2ccc(Cl)cc2Cl)OC[C@H](CO)O1. The van der Waals surface area contributed by atoms with E-state index in [0.717, 1.165) is 0 Å². The second kappa shape index (κ2) is 6.40. The molecule has 5 nitrogen and oxygen atoms in total. The summed E-state index contributed by atoms with van der Waals surface area (Å²) in [7, 11) is -3.39. The first-order valence-corrected chi connectivity index (χ1v) is 8.98. The predicted molar refractivity (Wildman–Crippen MR) is 80.4 cm³/mol. The van der Waals surface area contributed by atoms with Crippen molar-refractivity contribution in [2.24, 2.45) is 0 Å². The zero-order valence-electron chi connectivity index (χ0n) is 11.4. The van der Waals surface area contributed by atoms with E-state index >= 15 is 0 Å². The lowest BCUT2D eigenvalue weighted by Crippen LogP contribution is -2.37. The van der Waals surface area contributed by atoms with E-state index in [4.69, 9.17) is 32.7 Å². The van der Waals surface area contributed by atoms with Crippen LogP contribution in [-0.2, 0) is 25.1 Å². The van der Waals surface area contributed by atoms with Crippen LogP contribution in [0.2, 0.25) is 10.0 Å². The predicted octanol–water partition coefficient (Wildman–Crippen LogP) is 1.99. The molecule has 1 heterocycles. The maximum Gasteiger partial charge on any atom is 0.211 e. The van der Waals surface area contributed by atoms with Gasteiger partial charge in [0, 0.05) is 16.3 Å². The molecule has 0 amide bonds. The second-order valence-electron chi connectivity index (χ2n) is 4.79. The lowest BCUT2D eigenvalue weighted by atomic mass is 10.1. The van der Waals surface area contributed by atoms with Gasteiger partial charge < -0.3 is 14.6 Å². The molecule has 1 aliphatic rings. The van der Waals surface area contributed by atoms with Crippen molar-refractivity contribution in [2.75, 3.05) is 24.7 Å². The Bertz CT molecular complexity index is 619. The van der Waals surface area contributed by atoms with Crippen molar-refractivity contribution in [1.29, 1.82) is 0 Å². The largest absolute Gasteiger partial charge is 0.394 e. The molecule has 1 aromatic rings. The third-order valence-corrected chi connectivity index (χ3v) is 5.50. The summed E-state index contributed by atoms with van der Waals surface area (Å²) < 4.78 is 35.3. The Balaban J connectivity index is 2.46. The fourth-order valence-electron chi connectivity index (χ4n) is 2.14. The van der Waals surface area contributed by atoms with Crippen molar-refractivity contribution in [2.45, 2.75) is 18.8 Å². The van der Waals surface area contributed by atoms with Crippen molar-refractivity contribution in [3.63, 3.8) is 0 Å². The molecule has 2 atom stereocenters. The fourth-order valence-corrected chi connectivity index (χ4v) is 3.78. The fraction of sp³-hybridized carbons (Fsp3) is 0.538. The van der Waals surface area contributed by atoms with E-state index in [9.17, 15) is 13.5 Å². The maximum atomic E-state index is 12.0. The van der Waals surface area contributed by atoms with Crippen LogP contribution in [0.5, 0.6) is 0 Å². The van der Waals surface area contributed by atoms with Crippen LogP contribution in [-0.4, -0.2) is 44.3 Å². The molecule has 0 spiro atoms. The summed E-state index contributed by atoms with van der Waals surface area (Å²) in [5, 5.41) is 9.89. The summed E-state index contributed by atoms with van der Waals surface area (Å²) in [6, 6.07) is 4.66. The van der Waals surface area contributed by atoms with E-state index in [1.54, 1.807) is 19.1 Å². The van der Waals surface area contributed by atoms with Gasteiger partial charge in [0.05, 0.1) is 18.2 Å². The van der Waals surface area contributed by atoms with Gasteiger partial charge in [-0.25, -0.2) is 8.42 Å². The third-order valence-electron chi connectivity index (χ3n) is 3.25.